The summed E-state index contributed by atoms with van der Waals surface area (Å²) in [6, 6.07) is 30.6. The Bertz CT molecular complexity index is 2140. The SMILES string of the molecule is O=c1oc2ccc3ccccc3c2cc1-c1csc(Nc2ccc(Oc3ccc4ccccc4c3Cl)c(Cl)c2)n1. The van der Waals surface area contributed by atoms with Gasteiger partial charge in [0.05, 0.1) is 21.3 Å². The van der Waals surface area contributed by atoms with Crippen molar-refractivity contribution in [2.75, 3.05) is 5.32 Å². The van der Waals surface area contributed by atoms with Gasteiger partial charge in [0.2, 0.25) is 0 Å². The Labute approximate surface area is 242 Å². The van der Waals surface area contributed by atoms with Crippen LogP contribution in [0.1, 0.15) is 0 Å². The molecule has 5 aromatic carbocycles. The van der Waals surface area contributed by atoms with Gasteiger partial charge in [0.15, 0.2) is 5.13 Å². The number of nitrogens with zero attached hydrogens (tertiary/aromatic N) is 1. The molecule has 8 heteroatoms. The molecule has 2 aromatic heterocycles. The number of halogens is 2. The van der Waals surface area contributed by atoms with E-state index >= 15 is 0 Å². The zero-order chi connectivity index (χ0) is 27.2. The summed E-state index contributed by atoms with van der Waals surface area (Å²) < 4.78 is 11.7. The van der Waals surface area contributed by atoms with E-state index in [0.29, 0.717) is 43.5 Å². The molecule has 0 atom stereocenters. The minimum absolute atomic E-state index is 0.405. The number of anilines is 2. The fraction of sp³-hybridized carbons (Fsp3) is 0. The molecule has 0 fully saturated rings. The van der Waals surface area contributed by atoms with Crippen molar-refractivity contribution in [1.29, 1.82) is 0 Å². The van der Waals surface area contributed by atoms with E-state index in [-0.39, 0.29) is 0 Å². The number of aromatic nitrogens is 1. The number of benzene rings is 5. The predicted octanol–water partition coefficient (Wildman–Crippen LogP) is 10.1. The highest BCUT2D eigenvalue weighted by molar-refractivity contribution is 7.14. The first-order chi connectivity index (χ1) is 19.5. The Kier molecular flexibility index (Phi) is 6.16. The highest BCUT2D eigenvalue weighted by Gasteiger charge is 2.15. The van der Waals surface area contributed by atoms with Crippen LogP contribution in [-0.2, 0) is 0 Å². The molecular formula is C32H18Cl2N2O3S. The van der Waals surface area contributed by atoms with Crippen LogP contribution in [0.2, 0.25) is 10.0 Å². The van der Waals surface area contributed by atoms with Gasteiger partial charge in [-0.05, 0) is 52.6 Å². The molecule has 0 bridgehead atoms. The van der Waals surface area contributed by atoms with E-state index in [2.05, 4.69) is 10.3 Å². The van der Waals surface area contributed by atoms with E-state index < -0.39 is 5.63 Å². The van der Waals surface area contributed by atoms with Crippen molar-refractivity contribution in [2.24, 2.45) is 0 Å². The molecule has 0 aliphatic heterocycles. The van der Waals surface area contributed by atoms with Crippen molar-refractivity contribution in [3.63, 3.8) is 0 Å². The maximum absolute atomic E-state index is 12.8. The fourth-order valence-corrected chi connectivity index (χ4v) is 5.92. The third-order valence-electron chi connectivity index (χ3n) is 6.65. The van der Waals surface area contributed by atoms with Crippen LogP contribution in [0.15, 0.2) is 112 Å². The molecule has 0 spiro atoms. The third kappa shape index (κ3) is 4.46. The van der Waals surface area contributed by atoms with Crippen LogP contribution in [0.5, 0.6) is 11.5 Å². The van der Waals surface area contributed by atoms with Gasteiger partial charge in [0, 0.05) is 21.8 Å². The van der Waals surface area contributed by atoms with Crippen molar-refractivity contribution in [3.8, 4) is 22.8 Å². The first-order valence-corrected chi connectivity index (χ1v) is 14.0. The van der Waals surface area contributed by atoms with Gasteiger partial charge in [0.25, 0.3) is 0 Å². The van der Waals surface area contributed by atoms with Gasteiger partial charge in [0.1, 0.15) is 17.1 Å². The maximum Gasteiger partial charge on any atom is 0.345 e. The molecule has 1 N–H and O–H groups in total. The van der Waals surface area contributed by atoms with Gasteiger partial charge < -0.3 is 14.5 Å². The summed E-state index contributed by atoms with van der Waals surface area (Å²) in [5.74, 6) is 1.000. The number of hydrogen-bond acceptors (Lipinski definition) is 6. The van der Waals surface area contributed by atoms with E-state index in [1.807, 2.05) is 90.3 Å². The summed E-state index contributed by atoms with van der Waals surface area (Å²) in [6.07, 6.45) is 0. The second kappa shape index (κ2) is 9.99. The molecule has 0 amide bonds. The topological polar surface area (TPSA) is 64.4 Å². The molecule has 0 saturated heterocycles. The summed E-state index contributed by atoms with van der Waals surface area (Å²) in [7, 11) is 0. The smallest absolute Gasteiger partial charge is 0.345 e. The Hall–Kier alpha value is -4.36. The van der Waals surface area contributed by atoms with Gasteiger partial charge in [-0.25, -0.2) is 9.78 Å². The van der Waals surface area contributed by atoms with Gasteiger partial charge in [-0.15, -0.1) is 11.3 Å². The molecular weight excluding hydrogens is 563 g/mol. The Morgan fingerprint density at radius 3 is 2.33 bits per heavy atom. The van der Waals surface area contributed by atoms with E-state index in [0.717, 1.165) is 32.6 Å². The monoisotopic (exact) mass is 580 g/mol. The van der Waals surface area contributed by atoms with Crippen molar-refractivity contribution < 1.29 is 9.15 Å². The normalized spacial score (nSPS) is 11.3. The average molecular weight is 581 g/mol. The lowest BCUT2D eigenvalue weighted by atomic mass is 10.0. The number of hydrogen-bond donors (Lipinski definition) is 1. The number of rotatable bonds is 5. The number of ether oxygens (including phenoxy) is 1. The quantitative estimate of drug-likeness (QED) is 0.162. The van der Waals surface area contributed by atoms with Gasteiger partial charge in [-0.1, -0.05) is 83.9 Å². The van der Waals surface area contributed by atoms with Crippen LogP contribution >= 0.6 is 34.5 Å². The summed E-state index contributed by atoms with van der Waals surface area (Å²) in [5, 5.41) is 11.5. The van der Waals surface area contributed by atoms with Crippen LogP contribution in [0, 0.1) is 0 Å². The van der Waals surface area contributed by atoms with Crippen molar-refractivity contribution in [1.82, 2.24) is 4.98 Å². The standard InChI is InChI=1S/C32H18Cl2N2O3S/c33-25-15-20(11-14-28(25)38-29-13-10-19-6-2-4-8-22(19)30(29)34)35-32-36-26(17-40-32)24-16-23-21-7-3-1-5-18(21)9-12-27(23)39-31(24)37/h1-17H,(H,35,36). The second-order valence-electron chi connectivity index (χ2n) is 9.16. The Balaban J connectivity index is 1.15. The molecule has 0 saturated carbocycles. The highest BCUT2D eigenvalue weighted by Crippen LogP contribution is 2.39. The lowest BCUT2D eigenvalue weighted by Gasteiger charge is -2.12. The zero-order valence-electron chi connectivity index (χ0n) is 20.7. The molecule has 0 radical (unpaired) electrons. The van der Waals surface area contributed by atoms with E-state index in [9.17, 15) is 4.79 Å². The Morgan fingerprint density at radius 1 is 0.775 bits per heavy atom. The molecule has 5 nitrogen and oxygen atoms in total. The minimum Gasteiger partial charge on any atom is -0.454 e. The molecule has 0 unspecified atom stereocenters. The van der Waals surface area contributed by atoms with Crippen molar-refractivity contribution >= 4 is 77.9 Å². The van der Waals surface area contributed by atoms with Crippen LogP contribution in [0.25, 0.3) is 43.8 Å². The maximum atomic E-state index is 12.8. The summed E-state index contributed by atoms with van der Waals surface area (Å²) in [6.45, 7) is 0. The zero-order valence-corrected chi connectivity index (χ0v) is 23.0. The average Bonchev–Trinajstić information content (AvgIpc) is 3.43. The van der Waals surface area contributed by atoms with Crippen molar-refractivity contribution in [3.05, 3.63) is 123 Å². The lowest BCUT2D eigenvalue weighted by molar-refractivity contribution is 0.484. The lowest BCUT2D eigenvalue weighted by Crippen LogP contribution is -2.03. The predicted molar refractivity (Wildman–Crippen MR) is 165 cm³/mol. The molecule has 194 valence electrons. The molecule has 2 heterocycles. The minimum atomic E-state index is -0.434. The number of thiazole rings is 1. The van der Waals surface area contributed by atoms with E-state index in [1.54, 1.807) is 12.1 Å². The van der Waals surface area contributed by atoms with Crippen LogP contribution < -0.4 is 15.7 Å². The number of fused-ring (bicyclic) bond motifs is 4. The van der Waals surface area contributed by atoms with Gasteiger partial charge >= 0.3 is 5.63 Å². The molecule has 0 aliphatic rings. The second-order valence-corrected chi connectivity index (χ2v) is 10.8. The van der Waals surface area contributed by atoms with Gasteiger partial charge in [-0.2, -0.15) is 0 Å². The van der Waals surface area contributed by atoms with Gasteiger partial charge in [-0.3, -0.25) is 0 Å². The van der Waals surface area contributed by atoms with Crippen LogP contribution in [0.3, 0.4) is 0 Å². The summed E-state index contributed by atoms with van der Waals surface area (Å²) >= 11 is 14.5. The largest absolute Gasteiger partial charge is 0.454 e. The molecule has 7 rings (SSSR count). The Morgan fingerprint density at radius 2 is 1.50 bits per heavy atom. The van der Waals surface area contributed by atoms with Crippen LogP contribution in [-0.4, -0.2) is 4.98 Å². The highest BCUT2D eigenvalue weighted by atomic mass is 35.5. The van der Waals surface area contributed by atoms with Crippen LogP contribution in [0.4, 0.5) is 10.8 Å². The first kappa shape index (κ1) is 24.7. The first-order valence-electron chi connectivity index (χ1n) is 12.4. The molecule has 40 heavy (non-hydrogen) atoms. The third-order valence-corrected chi connectivity index (χ3v) is 8.10. The number of nitrogens with one attached hydrogen (secondary N) is 1. The van der Waals surface area contributed by atoms with E-state index in [1.165, 1.54) is 11.3 Å². The van der Waals surface area contributed by atoms with Crippen molar-refractivity contribution in [2.45, 2.75) is 0 Å². The summed E-state index contributed by atoms with van der Waals surface area (Å²) in [5.41, 5.74) is 1.77. The fourth-order valence-electron chi connectivity index (χ4n) is 4.70. The summed E-state index contributed by atoms with van der Waals surface area (Å²) in [4.78, 5) is 17.4. The molecule has 0 aliphatic carbocycles. The molecule has 7 aromatic rings. The van der Waals surface area contributed by atoms with E-state index in [4.69, 9.17) is 32.4 Å².